The number of amides is 3. The smallest absolute Gasteiger partial charge is 0.387 e. The molecule has 2 aromatic carbocycles. The van der Waals surface area contributed by atoms with Crippen LogP contribution in [0.2, 0.25) is 0 Å². The van der Waals surface area contributed by atoms with E-state index < -0.39 is 24.1 Å². The number of imide groups is 1. The van der Waals surface area contributed by atoms with Crippen LogP contribution in [0.1, 0.15) is 24.5 Å². The zero-order chi connectivity index (χ0) is 19.4. The molecule has 0 aliphatic carbocycles. The number of halogens is 2. The van der Waals surface area contributed by atoms with Crippen LogP contribution in [0.25, 0.3) is 0 Å². The molecule has 1 aliphatic heterocycles. The van der Waals surface area contributed by atoms with E-state index in [-0.39, 0.29) is 5.75 Å². The van der Waals surface area contributed by atoms with E-state index in [9.17, 15) is 18.4 Å². The van der Waals surface area contributed by atoms with Crippen molar-refractivity contribution in [3.05, 3.63) is 65.7 Å². The fourth-order valence-electron chi connectivity index (χ4n) is 2.89. The second kappa shape index (κ2) is 7.53. The minimum atomic E-state index is -2.91. The predicted octanol–water partition coefficient (Wildman–Crippen LogP) is 3.48. The summed E-state index contributed by atoms with van der Waals surface area (Å²) in [7, 11) is 0. The normalized spacial score (nSPS) is 19.8. The van der Waals surface area contributed by atoms with Crippen LogP contribution in [-0.2, 0) is 10.3 Å². The molecule has 1 atom stereocenters. The van der Waals surface area contributed by atoms with E-state index in [0.717, 1.165) is 5.01 Å². The van der Waals surface area contributed by atoms with Gasteiger partial charge in [-0.15, -0.1) is 5.01 Å². The Kier molecular flexibility index (Phi) is 5.16. The first-order chi connectivity index (χ1) is 13.0. The summed E-state index contributed by atoms with van der Waals surface area (Å²) in [5, 5.41) is 7.47. The van der Waals surface area contributed by atoms with E-state index in [0.29, 0.717) is 17.5 Å². The van der Waals surface area contributed by atoms with Gasteiger partial charge in [-0.3, -0.25) is 4.79 Å². The van der Waals surface area contributed by atoms with Crippen molar-refractivity contribution < 1.29 is 23.1 Å². The lowest BCUT2D eigenvalue weighted by Gasteiger charge is -2.24. The molecule has 6 nitrogen and oxygen atoms in total. The monoisotopic (exact) mass is 373 g/mol. The van der Waals surface area contributed by atoms with Crippen molar-refractivity contribution in [2.45, 2.75) is 25.5 Å². The fourth-order valence-corrected chi connectivity index (χ4v) is 2.89. The Labute approximate surface area is 154 Å². The number of nitrogens with one attached hydrogen (secondary N) is 1. The lowest BCUT2D eigenvalue weighted by molar-refractivity contribution is -0.131. The molecule has 3 amide bonds. The third-order valence-electron chi connectivity index (χ3n) is 4.29. The summed E-state index contributed by atoms with van der Waals surface area (Å²) in [5.74, 6) is -0.471. The lowest BCUT2D eigenvalue weighted by Crippen LogP contribution is -2.43. The molecule has 3 rings (SSSR count). The Balaban J connectivity index is 1.80. The molecule has 1 saturated heterocycles. The number of hydrogen-bond acceptors (Lipinski definition) is 4. The minimum Gasteiger partial charge on any atom is -0.435 e. The van der Waals surface area contributed by atoms with Crippen LogP contribution < -0.4 is 10.1 Å². The molecule has 8 heteroatoms. The molecule has 140 valence electrons. The fraction of sp³-hybridized carbons (Fsp3) is 0.211. The minimum absolute atomic E-state index is 0.00576. The highest BCUT2D eigenvalue weighted by Crippen LogP contribution is 2.32. The molecular formula is C19H17F2N3O3. The number of benzene rings is 2. The SMILES string of the molecule is CC[C@]1(c2ccccc2)NC(=O)N(/N=C\c2ccc(OC(F)F)cc2)C1=O. The number of ether oxygens (including phenoxy) is 1. The van der Waals surface area contributed by atoms with Crippen LogP contribution in [0.5, 0.6) is 5.75 Å². The second-order valence-corrected chi connectivity index (χ2v) is 5.86. The van der Waals surface area contributed by atoms with Crippen molar-refractivity contribution >= 4 is 18.2 Å². The first kappa shape index (κ1) is 18.5. The van der Waals surface area contributed by atoms with Crippen molar-refractivity contribution in [2.75, 3.05) is 0 Å². The van der Waals surface area contributed by atoms with Crippen molar-refractivity contribution in [2.24, 2.45) is 5.10 Å². The zero-order valence-corrected chi connectivity index (χ0v) is 14.4. The summed E-state index contributed by atoms with van der Waals surface area (Å²) in [6.07, 6.45) is 1.67. The van der Waals surface area contributed by atoms with Gasteiger partial charge in [0, 0.05) is 0 Å². The van der Waals surface area contributed by atoms with Crippen LogP contribution in [-0.4, -0.2) is 29.8 Å². The number of carbonyl (C=O) groups excluding carboxylic acids is 2. The molecule has 1 N–H and O–H groups in total. The van der Waals surface area contributed by atoms with Gasteiger partial charge in [0.1, 0.15) is 11.3 Å². The second-order valence-electron chi connectivity index (χ2n) is 5.86. The van der Waals surface area contributed by atoms with Crippen molar-refractivity contribution in [1.29, 1.82) is 0 Å². The molecule has 0 aromatic heterocycles. The number of urea groups is 1. The molecular weight excluding hydrogens is 356 g/mol. The Morgan fingerprint density at radius 3 is 2.41 bits per heavy atom. The van der Waals surface area contributed by atoms with E-state index in [2.05, 4.69) is 15.2 Å². The van der Waals surface area contributed by atoms with Gasteiger partial charge in [0.05, 0.1) is 6.21 Å². The quantitative estimate of drug-likeness (QED) is 0.623. The largest absolute Gasteiger partial charge is 0.435 e. The number of alkyl halides is 2. The first-order valence-corrected chi connectivity index (χ1v) is 8.27. The molecule has 0 spiro atoms. The van der Waals surface area contributed by atoms with Crippen LogP contribution in [0.15, 0.2) is 59.7 Å². The summed E-state index contributed by atoms with van der Waals surface area (Å²) in [6, 6.07) is 14.0. The van der Waals surface area contributed by atoms with E-state index in [1.165, 1.54) is 30.5 Å². The van der Waals surface area contributed by atoms with E-state index in [1.54, 1.807) is 31.2 Å². The summed E-state index contributed by atoms with van der Waals surface area (Å²) in [4.78, 5) is 25.2. The van der Waals surface area contributed by atoms with Gasteiger partial charge in [-0.05, 0) is 41.8 Å². The molecule has 27 heavy (non-hydrogen) atoms. The molecule has 0 saturated carbocycles. The standard InChI is InChI=1S/C19H17F2N3O3/c1-2-19(14-6-4-3-5-7-14)16(25)24(18(26)23-19)22-12-13-8-10-15(11-9-13)27-17(20)21/h3-12,17H,2H2,1H3,(H,23,26)/b22-12-/t19-/m1/s1. The van der Waals surface area contributed by atoms with Gasteiger partial charge in [0.25, 0.3) is 5.91 Å². The summed E-state index contributed by atoms with van der Waals surface area (Å²) in [6.45, 7) is -1.10. The van der Waals surface area contributed by atoms with Crippen molar-refractivity contribution in [3.63, 3.8) is 0 Å². The molecule has 0 bridgehead atoms. The maximum atomic E-state index is 12.9. The highest BCUT2D eigenvalue weighted by Gasteiger charge is 2.51. The van der Waals surface area contributed by atoms with Crippen LogP contribution in [0.3, 0.4) is 0 Å². The van der Waals surface area contributed by atoms with Gasteiger partial charge in [-0.2, -0.15) is 13.9 Å². The molecule has 1 heterocycles. The lowest BCUT2D eigenvalue weighted by atomic mass is 9.87. The number of hydrazone groups is 1. The average molecular weight is 373 g/mol. The Morgan fingerprint density at radius 1 is 1.15 bits per heavy atom. The average Bonchev–Trinajstić information content (AvgIpc) is 2.92. The zero-order valence-electron chi connectivity index (χ0n) is 14.4. The maximum absolute atomic E-state index is 12.9. The van der Waals surface area contributed by atoms with E-state index >= 15 is 0 Å². The Morgan fingerprint density at radius 2 is 1.81 bits per heavy atom. The number of rotatable bonds is 6. The van der Waals surface area contributed by atoms with Gasteiger partial charge >= 0.3 is 12.6 Å². The van der Waals surface area contributed by atoms with Gasteiger partial charge in [0.15, 0.2) is 0 Å². The first-order valence-electron chi connectivity index (χ1n) is 8.27. The van der Waals surface area contributed by atoms with Gasteiger partial charge in [0.2, 0.25) is 0 Å². The molecule has 2 aromatic rings. The molecule has 0 unspecified atom stereocenters. The number of hydrogen-bond donors (Lipinski definition) is 1. The highest BCUT2D eigenvalue weighted by atomic mass is 19.3. The maximum Gasteiger partial charge on any atom is 0.387 e. The van der Waals surface area contributed by atoms with Crippen LogP contribution >= 0.6 is 0 Å². The topological polar surface area (TPSA) is 71.0 Å². The summed E-state index contributed by atoms with van der Waals surface area (Å²) < 4.78 is 28.6. The third kappa shape index (κ3) is 3.64. The Hall–Kier alpha value is -3.29. The molecule has 1 fully saturated rings. The van der Waals surface area contributed by atoms with Crippen LogP contribution in [0, 0.1) is 0 Å². The molecule has 0 radical (unpaired) electrons. The number of carbonyl (C=O) groups is 2. The summed E-state index contributed by atoms with van der Waals surface area (Å²) in [5.41, 5.74) is 0.0351. The van der Waals surface area contributed by atoms with Gasteiger partial charge in [-0.1, -0.05) is 37.3 Å². The molecule has 1 aliphatic rings. The van der Waals surface area contributed by atoms with E-state index in [4.69, 9.17) is 0 Å². The van der Waals surface area contributed by atoms with Gasteiger partial charge < -0.3 is 10.1 Å². The highest BCUT2D eigenvalue weighted by molar-refractivity contribution is 6.07. The summed E-state index contributed by atoms with van der Waals surface area (Å²) >= 11 is 0. The third-order valence-corrected chi connectivity index (χ3v) is 4.29. The Bertz CT molecular complexity index is 856. The predicted molar refractivity (Wildman–Crippen MR) is 94.5 cm³/mol. The van der Waals surface area contributed by atoms with Crippen molar-refractivity contribution in [3.8, 4) is 5.75 Å². The van der Waals surface area contributed by atoms with Crippen molar-refractivity contribution in [1.82, 2.24) is 10.3 Å². The van der Waals surface area contributed by atoms with Gasteiger partial charge in [-0.25, -0.2) is 4.79 Å². The van der Waals surface area contributed by atoms with Crippen LogP contribution in [0.4, 0.5) is 13.6 Å². The van der Waals surface area contributed by atoms with E-state index in [1.807, 2.05) is 6.07 Å². The number of nitrogens with zero attached hydrogens (tertiary/aromatic N) is 2.